The molecule has 1 atom stereocenters. The molecule has 0 bridgehead atoms. The summed E-state index contributed by atoms with van der Waals surface area (Å²) >= 11 is 0. The van der Waals surface area contributed by atoms with Gasteiger partial charge in [0.25, 0.3) is 0 Å². The lowest BCUT2D eigenvalue weighted by atomic mass is 9.79. The Kier molecular flexibility index (Phi) is 5.11. The first-order chi connectivity index (χ1) is 9.61. The Morgan fingerprint density at radius 3 is 2.35 bits per heavy atom. The maximum Gasteiger partial charge on any atom is 0.147 e. The lowest BCUT2D eigenvalue weighted by molar-refractivity contribution is -0.123. The third-order valence-corrected chi connectivity index (χ3v) is 4.69. The molecule has 0 N–H and O–H groups in total. The van der Waals surface area contributed by atoms with Gasteiger partial charge in [0.15, 0.2) is 0 Å². The van der Waals surface area contributed by atoms with Crippen LogP contribution in [-0.2, 0) is 9.59 Å². The average Bonchev–Trinajstić information content (AvgIpc) is 2.48. The molecule has 1 saturated carbocycles. The fraction of sp³-hybridized carbons (Fsp3) is 0.556. The van der Waals surface area contributed by atoms with E-state index >= 15 is 0 Å². The molecule has 1 unspecified atom stereocenters. The Morgan fingerprint density at radius 1 is 1.20 bits per heavy atom. The third kappa shape index (κ3) is 3.56. The van der Waals surface area contributed by atoms with Gasteiger partial charge in [0.1, 0.15) is 12.1 Å². The van der Waals surface area contributed by atoms with Crippen molar-refractivity contribution in [2.24, 2.45) is 5.92 Å². The van der Waals surface area contributed by atoms with E-state index in [1.807, 2.05) is 6.92 Å². The first kappa shape index (κ1) is 15.0. The molecule has 0 heterocycles. The summed E-state index contributed by atoms with van der Waals surface area (Å²) in [6, 6.07) is 8.45. The predicted octanol–water partition coefficient (Wildman–Crippen LogP) is 4.24. The van der Waals surface area contributed by atoms with Crippen LogP contribution in [0.25, 0.3) is 0 Å². The first-order valence-corrected chi connectivity index (χ1v) is 7.68. The number of hydrogen-bond acceptors (Lipinski definition) is 2. The van der Waals surface area contributed by atoms with Crippen LogP contribution in [0.1, 0.15) is 68.9 Å². The highest BCUT2D eigenvalue weighted by Gasteiger charge is 2.20. The van der Waals surface area contributed by atoms with Crippen molar-refractivity contribution in [2.45, 2.75) is 57.8 Å². The molecule has 0 radical (unpaired) electrons. The second-order valence-corrected chi connectivity index (χ2v) is 6.18. The largest absolute Gasteiger partial charge is 0.303 e. The monoisotopic (exact) mass is 272 g/mol. The number of aldehydes is 1. The van der Waals surface area contributed by atoms with Crippen molar-refractivity contribution in [3.05, 3.63) is 35.4 Å². The van der Waals surface area contributed by atoms with Crippen molar-refractivity contribution >= 4 is 12.1 Å². The van der Waals surface area contributed by atoms with Gasteiger partial charge in [-0.15, -0.1) is 0 Å². The Bertz CT molecular complexity index is 453. The van der Waals surface area contributed by atoms with E-state index in [0.29, 0.717) is 12.2 Å². The molecule has 0 aromatic heterocycles. The molecule has 1 aliphatic rings. The number of carbonyl (C=O) groups excluding carboxylic acids is 2. The topological polar surface area (TPSA) is 34.1 Å². The van der Waals surface area contributed by atoms with Gasteiger partial charge >= 0.3 is 0 Å². The molecule has 20 heavy (non-hydrogen) atoms. The normalized spacial score (nSPS) is 24.1. The van der Waals surface area contributed by atoms with Crippen LogP contribution in [0.4, 0.5) is 0 Å². The van der Waals surface area contributed by atoms with E-state index in [2.05, 4.69) is 31.2 Å². The number of Topliss-reactive ketones (excluding diaryl/α,β-unsaturated/α-hetero) is 1. The van der Waals surface area contributed by atoms with Crippen LogP contribution in [0, 0.1) is 5.92 Å². The van der Waals surface area contributed by atoms with Crippen LogP contribution in [0.3, 0.4) is 0 Å². The van der Waals surface area contributed by atoms with Crippen LogP contribution in [0.15, 0.2) is 24.3 Å². The minimum absolute atomic E-state index is 0.000703. The predicted molar refractivity (Wildman–Crippen MR) is 80.9 cm³/mol. The molecule has 1 aliphatic carbocycles. The quantitative estimate of drug-likeness (QED) is 0.593. The Morgan fingerprint density at radius 2 is 1.80 bits per heavy atom. The van der Waals surface area contributed by atoms with Gasteiger partial charge in [-0.05, 0) is 35.8 Å². The molecule has 1 fully saturated rings. The summed E-state index contributed by atoms with van der Waals surface area (Å²) in [6.45, 7) is 4.21. The molecular formula is C18H24O2. The van der Waals surface area contributed by atoms with Crippen LogP contribution in [0.5, 0.6) is 0 Å². The van der Waals surface area contributed by atoms with Gasteiger partial charge < -0.3 is 4.79 Å². The van der Waals surface area contributed by atoms with Crippen molar-refractivity contribution in [1.29, 1.82) is 0 Å². The minimum atomic E-state index is -0.180. The van der Waals surface area contributed by atoms with E-state index in [-0.39, 0.29) is 18.1 Å². The third-order valence-electron chi connectivity index (χ3n) is 4.69. The van der Waals surface area contributed by atoms with Gasteiger partial charge in [0.05, 0.1) is 6.42 Å². The summed E-state index contributed by atoms with van der Waals surface area (Å²) < 4.78 is 0. The Balaban J connectivity index is 2.02. The van der Waals surface area contributed by atoms with Crippen molar-refractivity contribution in [2.75, 3.05) is 0 Å². The zero-order valence-corrected chi connectivity index (χ0v) is 12.5. The second kappa shape index (κ2) is 6.83. The molecule has 1 aromatic carbocycles. The van der Waals surface area contributed by atoms with Gasteiger partial charge in [0.2, 0.25) is 0 Å². The fourth-order valence-corrected chi connectivity index (χ4v) is 3.10. The SMILES string of the molecule is CC1CCC(c2ccc(C(C)C(=O)CC=O)cc2)CC1. The highest BCUT2D eigenvalue weighted by molar-refractivity contribution is 5.94. The van der Waals surface area contributed by atoms with Gasteiger partial charge in [-0.3, -0.25) is 4.79 Å². The smallest absolute Gasteiger partial charge is 0.147 e. The van der Waals surface area contributed by atoms with E-state index in [4.69, 9.17) is 0 Å². The zero-order chi connectivity index (χ0) is 14.5. The molecule has 0 amide bonds. The summed E-state index contributed by atoms with van der Waals surface area (Å²) in [5.74, 6) is 1.37. The van der Waals surface area contributed by atoms with Gasteiger partial charge in [0, 0.05) is 5.92 Å². The summed E-state index contributed by atoms with van der Waals surface area (Å²) in [4.78, 5) is 22.2. The Hall–Kier alpha value is -1.44. The summed E-state index contributed by atoms with van der Waals surface area (Å²) in [6.07, 6.45) is 5.90. The highest BCUT2D eigenvalue weighted by Crippen LogP contribution is 2.35. The molecule has 1 aromatic rings. The minimum Gasteiger partial charge on any atom is -0.303 e. The fourth-order valence-electron chi connectivity index (χ4n) is 3.10. The van der Waals surface area contributed by atoms with Crippen molar-refractivity contribution in [1.82, 2.24) is 0 Å². The number of rotatable bonds is 5. The molecule has 2 rings (SSSR count). The van der Waals surface area contributed by atoms with Crippen LogP contribution in [0.2, 0.25) is 0 Å². The lowest BCUT2D eigenvalue weighted by Crippen LogP contribution is -2.12. The Labute approximate surface area is 121 Å². The molecule has 108 valence electrons. The summed E-state index contributed by atoms with van der Waals surface area (Å²) in [5, 5.41) is 0. The molecule has 2 nitrogen and oxygen atoms in total. The lowest BCUT2D eigenvalue weighted by Gasteiger charge is -2.26. The molecule has 2 heteroatoms. The van der Waals surface area contributed by atoms with Gasteiger partial charge in [-0.2, -0.15) is 0 Å². The van der Waals surface area contributed by atoms with Gasteiger partial charge in [-0.25, -0.2) is 0 Å². The molecule has 0 saturated heterocycles. The number of carbonyl (C=O) groups is 2. The summed E-state index contributed by atoms with van der Waals surface area (Å²) in [7, 11) is 0. The summed E-state index contributed by atoms with van der Waals surface area (Å²) in [5.41, 5.74) is 2.42. The van der Waals surface area contributed by atoms with E-state index in [1.165, 1.54) is 31.2 Å². The van der Waals surface area contributed by atoms with E-state index in [9.17, 15) is 9.59 Å². The standard InChI is InChI=1S/C18H24O2/c1-13-3-5-16(6-4-13)17-9-7-15(8-10-17)14(2)18(20)11-12-19/h7-10,12-14,16H,3-6,11H2,1-2H3. The van der Waals surface area contributed by atoms with Crippen molar-refractivity contribution < 1.29 is 9.59 Å². The second-order valence-electron chi connectivity index (χ2n) is 6.18. The zero-order valence-electron chi connectivity index (χ0n) is 12.5. The van der Waals surface area contributed by atoms with Crippen LogP contribution < -0.4 is 0 Å². The van der Waals surface area contributed by atoms with E-state index in [1.54, 1.807) is 0 Å². The molecular weight excluding hydrogens is 248 g/mol. The molecule has 0 spiro atoms. The van der Waals surface area contributed by atoms with Crippen molar-refractivity contribution in [3.63, 3.8) is 0 Å². The maximum atomic E-state index is 11.7. The maximum absolute atomic E-state index is 11.7. The van der Waals surface area contributed by atoms with E-state index in [0.717, 1.165) is 11.5 Å². The van der Waals surface area contributed by atoms with Crippen molar-refractivity contribution in [3.8, 4) is 0 Å². The number of ketones is 1. The first-order valence-electron chi connectivity index (χ1n) is 7.68. The number of hydrogen-bond donors (Lipinski definition) is 0. The van der Waals surface area contributed by atoms with Crippen LogP contribution in [-0.4, -0.2) is 12.1 Å². The van der Waals surface area contributed by atoms with Crippen LogP contribution >= 0.6 is 0 Å². The molecule has 0 aliphatic heterocycles. The van der Waals surface area contributed by atoms with E-state index < -0.39 is 0 Å². The number of benzene rings is 1. The van der Waals surface area contributed by atoms with Gasteiger partial charge in [-0.1, -0.05) is 51.0 Å². The highest BCUT2D eigenvalue weighted by atomic mass is 16.1. The average molecular weight is 272 g/mol.